The first-order chi connectivity index (χ1) is 11.2. The number of rotatable bonds is 7. The number of methoxy groups -OCH3 is 1. The van der Waals surface area contributed by atoms with Gasteiger partial charge in [-0.05, 0) is 17.7 Å². The minimum Gasteiger partial charge on any atom is -0.382 e. The Morgan fingerprint density at radius 2 is 2.00 bits per heavy atom. The molecule has 0 radical (unpaired) electrons. The fourth-order valence-corrected chi connectivity index (χ4v) is 4.14. The summed E-state index contributed by atoms with van der Waals surface area (Å²) in [4.78, 5) is 10.6. The van der Waals surface area contributed by atoms with E-state index in [0.717, 1.165) is 29.2 Å². The van der Waals surface area contributed by atoms with Crippen LogP contribution in [0.25, 0.3) is 0 Å². The Labute approximate surface area is 148 Å². The third-order valence-corrected chi connectivity index (χ3v) is 6.27. The quantitative estimate of drug-likeness (QED) is 0.573. The van der Waals surface area contributed by atoms with Crippen LogP contribution in [0.3, 0.4) is 0 Å². The number of thiophene rings is 1. The van der Waals surface area contributed by atoms with E-state index in [2.05, 4.69) is 5.32 Å². The lowest BCUT2D eigenvalue weighted by atomic mass is 10.1. The number of anilines is 1. The van der Waals surface area contributed by atoms with Gasteiger partial charge in [0.1, 0.15) is 4.21 Å². The van der Waals surface area contributed by atoms with Gasteiger partial charge in [0.05, 0.1) is 17.6 Å². The van der Waals surface area contributed by atoms with Gasteiger partial charge in [-0.3, -0.25) is 10.1 Å². The van der Waals surface area contributed by atoms with Crippen LogP contribution in [0.2, 0.25) is 5.02 Å². The van der Waals surface area contributed by atoms with Gasteiger partial charge in [0.2, 0.25) is 0 Å². The van der Waals surface area contributed by atoms with Crippen LogP contribution in [0.1, 0.15) is 11.6 Å². The standard InChI is InChI=1S/C14H15ClN2O5S2/c1-22-8-11(9-3-5-10(15)6-4-9)16-14-12(17(18)19)7-13(23-14)24(2,20)21/h3-7,11,16H,8H2,1-2H3. The second-order valence-corrected chi connectivity index (χ2v) is 8.74. The minimum atomic E-state index is -3.53. The molecule has 2 rings (SSSR count). The molecule has 0 saturated heterocycles. The van der Waals surface area contributed by atoms with Crippen molar-refractivity contribution < 1.29 is 18.1 Å². The van der Waals surface area contributed by atoms with E-state index in [1.54, 1.807) is 24.3 Å². The van der Waals surface area contributed by atoms with Crippen molar-refractivity contribution in [1.29, 1.82) is 0 Å². The van der Waals surface area contributed by atoms with Crippen LogP contribution in [0.4, 0.5) is 10.7 Å². The molecule has 0 bridgehead atoms. The van der Waals surface area contributed by atoms with Crippen LogP contribution >= 0.6 is 22.9 Å². The summed E-state index contributed by atoms with van der Waals surface area (Å²) in [5, 5.41) is 14.9. The summed E-state index contributed by atoms with van der Waals surface area (Å²) in [6, 6.07) is 7.62. The Morgan fingerprint density at radius 1 is 1.38 bits per heavy atom. The zero-order valence-corrected chi connectivity index (χ0v) is 15.2. The summed E-state index contributed by atoms with van der Waals surface area (Å²) >= 11 is 6.69. The minimum absolute atomic E-state index is 0.0658. The number of benzene rings is 1. The number of sulfone groups is 1. The van der Waals surface area contributed by atoms with Gasteiger partial charge < -0.3 is 10.1 Å². The Bertz CT molecular complexity index is 833. The first kappa shape index (κ1) is 18.7. The third-order valence-electron chi connectivity index (χ3n) is 3.16. The number of nitrogens with one attached hydrogen (secondary N) is 1. The smallest absolute Gasteiger partial charge is 0.304 e. The number of ether oxygens (including phenoxy) is 1. The highest BCUT2D eigenvalue weighted by Gasteiger charge is 2.26. The average Bonchev–Trinajstić information content (AvgIpc) is 2.92. The molecule has 10 heteroatoms. The van der Waals surface area contributed by atoms with Crippen molar-refractivity contribution in [2.24, 2.45) is 0 Å². The van der Waals surface area contributed by atoms with Crippen LogP contribution < -0.4 is 5.32 Å². The average molecular weight is 391 g/mol. The lowest BCUT2D eigenvalue weighted by Crippen LogP contribution is -2.16. The number of hydrogen-bond donors (Lipinski definition) is 1. The molecular weight excluding hydrogens is 376 g/mol. The number of hydrogen-bond acceptors (Lipinski definition) is 7. The van der Waals surface area contributed by atoms with Crippen LogP contribution in [0.15, 0.2) is 34.5 Å². The Hall–Kier alpha value is -1.68. The van der Waals surface area contributed by atoms with E-state index in [1.165, 1.54) is 7.11 Å². The van der Waals surface area contributed by atoms with Gasteiger partial charge in [0.15, 0.2) is 14.8 Å². The second-order valence-electron chi connectivity index (χ2n) is 5.01. The number of nitro groups is 1. The SMILES string of the molecule is COCC(Nc1sc(S(C)(=O)=O)cc1[N+](=O)[O-])c1ccc(Cl)cc1. The summed E-state index contributed by atoms with van der Waals surface area (Å²) < 4.78 is 28.4. The first-order valence-corrected chi connectivity index (χ1v) is 9.80. The molecule has 7 nitrogen and oxygen atoms in total. The summed E-state index contributed by atoms with van der Waals surface area (Å²) in [5.41, 5.74) is 0.528. The Balaban J connectivity index is 2.40. The highest BCUT2D eigenvalue weighted by atomic mass is 35.5. The fourth-order valence-electron chi connectivity index (χ4n) is 2.02. The molecule has 0 saturated carbocycles. The van der Waals surface area contributed by atoms with E-state index >= 15 is 0 Å². The van der Waals surface area contributed by atoms with Gasteiger partial charge in [-0.25, -0.2) is 8.42 Å². The summed E-state index contributed by atoms with van der Waals surface area (Å²) in [6.45, 7) is 0.241. The van der Waals surface area contributed by atoms with Gasteiger partial charge in [-0.2, -0.15) is 0 Å². The Kier molecular flexibility index (Phi) is 5.81. The fraction of sp³-hybridized carbons (Fsp3) is 0.286. The van der Waals surface area contributed by atoms with Crippen molar-refractivity contribution in [3.63, 3.8) is 0 Å². The van der Waals surface area contributed by atoms with Crippen LogP contribution in [0.5, 0.6) is 0 Å². The zero-order chi connectivity index (χ0) is 17.9. The molecule has 2 aromatic rings. The van der Waals surface area contributed by atoms with Crippen LogP contribution in [0, 0.1) is 10.1 Å². The molecule has 1 N–H and O–H groups in total. The van der Waals surface area contributed by atoms with Crippen molar-refractivity contribution in [3.8, 4) is 0 Å². The maximum atomic E-state index is 11.7. The summed E-state index contributed by atoms with van der Waals surface area (Å²) in [5.74, 6) is 0. The lowest BCUT2D eigenvalue weighted by molar-refractivity contribution is -0.383. The molecule has 24 heavy (non-hydrogen) atoms. The maximum Gasteiger partial charge on any atom is 0.304 e. The molecule has 1 unspecified atom stereocenters. The number of nitrogens with zero attached hydrogens (tertiary/aromatic N) is 1. The molecular formula is C14H15ClN2O5S2. The van der Waals surface area contributed by atoms with E-state index in [-0.39, 0.29) is 21.5 Å². The first-order valence-electron chi connectivity index (χ1n) is 6.71. The highest BCUT2D eigenvalue weighted by molar-refractivity contribution is 7.92. The molecule has 0 fully saturated rings. The topological polar surface area (TPSA) is 98.5 Å². The Morgan fingerprint density at radius 3 is 2.50 bits per heavy atom. The van der Waals surface area contributed by atoms with Gasteiger partial charge in [0, 0.05) is 24.5 Å². The second kappa shape index (κ2) is 7.47. The predicted octanol–water partition coefficient (Wildman–Crippen LogP) is 3.51. The van der Waals surface area contributed by atoms with Crippen molar-refractivity contribution in [3.05, 3.63) is 51.0 Å². The van der Waals surface area contributed by atoms with E-state index in [1.807, 2.05) is 0 Å². The molecule has 0 spiro atoms. The summed E-state index contributed by atoms with van der Waals surface area (Å²) in [7, 11) is -2.02. The maximum absolute atomic E-state index is 11.7. The molecule has 130 valence electrons. The van der Waals surface area contributed by atoms with Crippen LogP contribution in [-0.4, -0.2) is 33.3 Å². The van der Waals surface area contributed by atoms with E-state index in [0.29, 0.717) is 5.02 Å². The molecule has 1 atom stereocenters. The summed E-state index contributed by atoms with van der Waals surface area (Å²) in [6.07, 6.45) is 1.01. The monoisotopic (exact) mass is 390 g/mol. The van der Waals surface area contributed by atoms with E-state index in [9.17, 15) is 18.5 Å². The predicted molar refractivity (Wildman–Crippen MR) is 93.8 cm³/mol. The molecule has 0 aliphatic rings. The molecule has 1 aromatic carbocycles. The third kappa shape index (κ3) is 4.44. The van der Waals surface area contributed by atoms with Crippen LogP contribution in [-0.2, 0) is 14.6 Å². The van der Waals surface area contributed by atoms with Crippen molar-refractivity contribution >= 4 is 43.5 Å². The van der Waals surface area contributed by atoms with Crippen molar-refractivity contribution in [2.75, 3.05) is 25.3 Å². The van der Waals surface area contributed by atoms with Gasteiger partial charge in [-0.15, -0.1) is 0 Å². The molecule has 1 heterocycles. The van der Waals surface area contributed by atoms with E-state index < -0.39 is 20.8 Å². The zero-order valence-electron chi connectivity index (χ0n) is 12.9. The van der Waals surface area contributed by atoms with Gasteiger partial charge in [0.25, 0.3) is 0 Å². The molecule has 1 aromatic heterocycles. The normalized spacial score (nSPS) is 12.8. The van der Waals surface area contributed by atoms with Crippen molar-refractivity contribution in [1.82, 2.24) is 0 Å². The number of halogens is 1. The lowest BCUT2D eigenvalue weighted by Gasteiger charge is -2.18. The van der Waals surface area contributed by atoms with Gasteiger partial charge in [-0.1, -0.05) is 35.1 Å². The van der Waals surface area contributed by atoms with Gasteiger partial charge >= 0.3 is 5.69 Å². The molecule has 0 aliphatic heterocycles. The highest BCUT2D eigenvalue weighted by Crippen LogP contribution is 2.39. The molecule has 0 aliphatic carbocycles. The van der Waals surface area contributed by atoms with Crippen molar-refractivity contribution in [2.45, 2.75) is 10.3 Å². The molecule has 0 amide bonds. The van der Waals surface area contributed by atoms with E-state index in [4.69, 9.17) is 16.3 Å². The largest absolute Gasteiger partial charge is 0.382 e.